The van der Waals surface area contributed by atoms with Gasteiger partial charge in [-0.2, -0.15) is 0 Å². The third kappa shape index (κ3) is 2.58. The van der Waals surface area contributed by atoms with Crippen LogP contribution in [0.2, 0.25) is 0 Å². The number of nitrogens with one attached hydrogen (secondary N) is 1. The van der Waals surface area contributed by atoms with Gasteiger partial charge in [-0.25, -0.2) is 4.99 Å². The second-order valence-corrected chi connectivity index (χ2v) is 8.98. The molecular weight excluding hydrogens is 412 g/mol. The van der Waals surface area contributed by atoms with Gasteiger partial charge in [-0.15, -0.1) is 22.7 Å². The smallest absolute Gasteiger partial charge is 0.215 e. The van der Waals surface area contributed by atoms with Crippen molar-refractivity contribution in [3.63, 3.8) is 0 Å². The number of aromatic amines is 1. The Bertz CT molecular complexity index is 1460. The zero-order valence-electron chi connectivity index (χ0n) is 15.5. The highest BCUT2D eigenvalue weighted by atomic mass is 32.1. The maximum absolute atomic E-state index is 13.0. The molecule has 30 heavy (non-hydrogen) atoms. The number of H-pyrrole nitrogens is 1. The molecule has 0 radical (unpaired) electrons. The Morgan fingerprint density at radius 2 is 1.57 bits per heavy atom. The lowest BCUT2D eigenvalue weighted by molar-refractivity contribution is 0.107. The minimum Gasteiger partial charge on any atom is -0.505 e. The molecule has 0 fully saturated rings. The summed E-state index contributed by atoms with van der Waals surface area (Å²) in [5.41, 5.74) is 4.68. The average molecular weight is 427 g/mol. The molecule has 6 heteroatoms. The molecule has 4 heterocycles. The number of hydrogen-bond donors (Lipinski definition) is 2. The Balaban J connectivity index is 1.45. The van der Waals surface area contributed by atoms with Gasteiger partial charge in [-0.05, 0) is 58.3 Å². The number of rotatable bonds is 3. The quantitative estimate of drug-likeness (QED) is 0.339. The number of Topliss-reactive ketones (excluding diaryl/α,β-unsaturated/α-hetero) is 1. The van der Waals surface area contributed by atoms with Gasteiger partial charge < -0.3 is 10.1 Å². The van der Waals surface area contributed by atoms with E-state index in [1.807, 2.05) is 65.4 Å². The summed E-state index contributed by atoms with van der Waals surface area (Å²) in [7, 11) is 0. The Kier molecular flexibility index (Phi) is 3.78. The van der Waals surface area contributed by atoms with Crippen LogP contribution < -0.4 is 0 Å². The topological polar surface area (TPSA) is 65.5 Å². The molecule has 0 amide bonds. The lowest BCUT2D eigenvalue weighted by Crippen LogP contribution is -2.11. The average Bonchev–Trinajstić information content (AvgIpc) is 3.55. The third-order valence-corrected chi connectivity index (χ3v) is 7.15. The number of aliphatic imine (C=N–C) groups is 1. The highest BCUT2D eigenvalue weighted by Gasteiger charge is 2.30. The van der Waals surface area contributed by atoms with Crippen LogP contribution in [0.4, 0.5) is 5.69 Å². The van der Waals surface area contributed by atoms with Crippen molar-refractivity contribution in [3.05, 3.63) is 82.7 Å². The fourth-order valence-electron chi connectivity index (χ4n) is 3.83. The SMILES string of the molecule is O=C1C(c2[nH]c3cc(-c4cccs4)ccc3c2O)=Nc2cc(-c3cccs3)ccc21. The third-order valence-electron chi connectivity index (χ3n) is 5.31. The molecule has 0 saturated heterocycles. The van der Waals surface area contributed by atoms with E-state index >= 15 is 0 Å². The van der Waals surface area contributed by atoms with Crippen LogP contribution in [-0.4, -0.2) is 21.6 Å². The summed E-state index contributed by atoms with van der Waals surface area (Å²) in [6, 6.07) is 19.7. The zero-order valence-corrected chi connectivity index (χ0v) is 17.2. The van der Waals surface area contributed by atoms with Crippen LogP contribution in [0.1, 0.15) is 16.1 Å². The zero-order chi connectivity index (χ0) is 20.2. The highest BCUT2D eigenvalue weighted by Crippen LogP contribution is 2.39. The van der Waals surface area contributed by atoms with Crippen LogP contribution in [0.15, 0.2) is 76.4 Å². The van der Waals surface area contributed by atoms with E-state index in [1.165, 1.54) is 0 Å². The molecule has 0 atom stereocenters. The van der Waals surface area contributed by atoms with Crippen molar-refractivity contribution >= 4 is 50.8 Å². The minimum atomic E-state index is -0.178. The van der Waals surface area contributed by atoms with Crippen LogP contribution in [0.3, 0.4) is 0 Å². The molecule has 3 aromatic heterocycles. The Hall–Kier alpha value is -3.48. The van der Waals surface area contributed by atoms with Gasteiger partial charge in [-0.1, -0.05) is 24.3 Å². The van der Waals surface area contributed by atoms with Crippen molar-refractivity contribution in [3.8, 4) is 26.6 Å². The molecule has 0 unspecified atom stereocenters. The number of hydrogen-bond acceptors (Lipinski definition) is 5. The van der Waals surface area contributed by atoms with Crippen molar-refractivity contribution in [2.75, 3.05) is 0 Å². The van der Waals surface area contributed by atoms with Gasteiger partial charge >= 0.3 is 0 Å². The van der Waals surface area contributed by atoms with Crippen molar-refractivity contribution in [2.24, 2.45) is 4.99 Å². The molecule has 4 nitrogen and oxygen atoms in total. The summed E-state index contributed by atoms with van der Waals surface area (Å²) in [5, 5.41) is 15.5. The Morgan fingerprint density at radius 1 is 0.867 bits per heavy atom. The number of aromatic hydroxyl groups is 1. The number of thiophene rings is 2. The van der Waals surface area contributed by atoms with E-state index in [1.54, 1.807) is 22.7 Å². The number of ketones is 1. The first-order valence-electron chi connectivity index (χ1n) is 9.39. The first kappa shape index (κ1) is 17.4. The monoisotopic (exact) mass is 426 g/mol. The normalized spacial score (nSPS) is 13.1. The van der Waals surface area contributed by atoms with E-state index < -0.39 is 0 Å². The number of carbonyl (C=O) groups is 1. The number of aromatic nitrogens is 1. The second kappa shape index (κ2) is 6.52. The van der Waals surface area contributed by atoms with Gasteiger partial charge in [0, 0.05) is 20.7 Å². The van der Waals surface area contributed by atoms with Gasteiger partial charge in [0.25, 0.3) is 0 Å². The summed E-state index contributed by atoms with van der Waals surface area (Å²) in [5.74, 6) is -0.121. The van der Waals surface area contributed by atoms with E-state index in [0.29, 0.717) is 22.3 Å². The van der Waals surface area contributed by atoms with Crippen molar-refractivity contribution in [1.29, 1.82) is 0 Å². The molecule has 2 N–H and O–H groups in total. The van der Waals surface area contributed by atoms with Gasteiger partial charge in [0.15, 0.2) is 5.75 Å². The largest absolute Gasteiger partial charge is 0.505 e. The molecule has 2 aromatic carbocycles. The molecule has 1 aliphatic heterocycles. The molecule has 5 aromatic rings. The molecule has 0 bridgehead atoms. The summed E-state index contributed by atoms with van der Waals surface area (Å²) in [6.45, 7) is 0. The standard InChI is InChI=1S/C24H14N2O2S2/c27-23-15-7-5-13(19-3-1-9-29-19)11-17(15)25-21(23)22-24(28)16-8-6-14(12-18(16)26-22)20-4-2-10-30-20/h1-12,25,27H. The number of benzene rings is 2. The van der Waals surface area contributed by atoms with Crippen molar-refractivity contribution in [2.45, 2.75) is 0 Å². The summed E-state index contributed by atoms with van der Waals surface area (Å²) in [6.07, 6.45) is 0. The van der Waals surface area contributed by atoms with E-state index in [0.717, 1.165) is 26.4 Å². The summed E-state index contributed by atoms with van der Waals surface area (Å²) < 4.78 is 0. The predicted molar refractivity (Wildman–Crippen MR) is 124 cm³/mol. The first-order valence-corrected chi connectivity index (χ1v) is 11.2. The summed E-state index contributed by atoms with van der Waals surface area (Å²) >= 11 is 3.31. The Labute approximate surface area is 179 Å². The second-order valence-electron chi connectivity index (χ2n) is 7.09. The maximum Gasteiger partial charge on any atom is 0.215 e. The van der Waals surface area contributed by atoms with E-state index in [9.17, 15) is 9.90 Å². The van der Waals surface area contributed by atoms with E-state index in [2.05, 4.69) is 16.0 Å². The van der Waals surface area contributed by atoms with Crippen LogP contribution in [-0.2, 0) is 0 Å². The first-order chi connectivity index (χ1) is 14.7. The van der Waals surface area contributed by atoms with Crippen LogP contribution in [0, 0.1) is 0 Å². The summed E-state index contributed by atoms with van der Waals surface area (Å²) in [4.78, 5) is 23.1. The van der Waals surface area contributed by atoms with Crippen LogP contribution in [0.25, 0.3) is 31.8 Å². The molecule has 1 aliphatic rings. The molecule has 0 saturated carbocycles. The van der Waals surface area contributed by atoms with E-state index in [4.69, 9.17) is 0 Å². The fraction of sp³-hybridized carbons (Fsp3) is 0. The van der Waals surface area contributed by atoms with Crippen LogP contribution in [0.5, 0.6) is 5.75 Å². The van der Waals surface area contributed by atoms with Crippen LogP contribution >= 0.6 is 22.7 Å². The minimum absolute atomic E-state index is 0.0566. The fourth-order valence-corrected chi connectivity index (χ4v) is 5.28. The number of fused-ring (bicyclic) bond motifs is 2. The number of nitrogens with zero attached hydrogens (tertiary/aromatic N) is 1. The Morgan fingerprint density at radius 3 is 2.27 bits per heavy atom. The van der Waals surface area contributed by atoms with Gasteiger partial charge in [0.2, 0.25) is 5.78 Å². The molecule has 144 valence electrons. The predicted octanol–water partition coefficient (Wildman–Crippen LogP) is 6.65. The molecule has 0 spiro atoms. The number of carbonyl (C=O) groups excluding carboxylic acids is 1. The molecule has 6 rings (SSSR count). The van der Waals surface area contributed by atoms with Crippen molar-refractivity contribution < 1.29 is 9.90 Å². The van der Waals surface area contributed by atoms with Gasteiger partial charge in [0.1, 0.15) is 11.4 Å². The van der Waals surface area contributed by atoms with Gasteiger partial charge in [-0.3, -0.25) is 4.79 Å². The molecule has 0 aliphatic carbocycles. The lowest BCUT2D eigenvalue weighted by Gasteiger charge is -2.00. The van der Waals surface area contributed by atoms with Crippen molar-refractivity contribution in [1.82, 2.24) is 4.98 Å². The maximum atomic E-state index is 13.0. The molecular formula is C24H14N2O2S2. The lowest BCUT2D eigenvalue weighted by atomic mass is 10.0. The van der Waals surface area contributed by atoms with E-state index in [-0.39, 0.29) is 17.2 Å². The highest BCUT2D eigenvalue weighted by molar-refractivity contribution is 7.13. The van der Waals surface area contributed by atoms with Gasteiger partial charge in [0.05, 0.1) is 11.2 Å².